The average molecular weight is 392 g/mol. The Morgan fingerprint density at radius 3 is 2.05 bits per heavy atom. The van der Waals surface area contributed by atoms with Gasteiger partial charge in [0.25, 0.3) is 0 Å². The number of methoxy groups -OCH3 is 2. The van der Waals surface area contributed by atoms with Gasteiger partial charge >= 0.3 is 0 Å². The summed E-state index contributed by atoms with van der Waals surface area (Å²) in [7, 11) is 3.12. The van der Waals surface area contributed by atoms with Crippen LogP contribution in [0.2, 0.25) is 0 Å². The fraction of sp³-hybridized carbons (Fsp3) is 0.231. The van der Waals surface area contributed by atoms with Crippen LogP contribution in [0.15, 0.2) is 37.8 Å². The number of ether oxygens (including phenoxy) is 2. The first-order valence-corrected chi connectivity index (χ1v) is 6.99. The molecule has 1 unspecified atom stereocenters. The van der Waals surface area contributed by atoms with E-state index in [1.54, 1.807) is 38.5 Å². The maximum atomic E-state index is 10.3. The van der Waals surface area contributed by atoms with Gasteiger partial charge in [-0.25, -0.2) is 0 Å². The Bertz CT molecular complexity index is 538. The smallest absolute Gasteiger partial charge is 0.183 e. The molecule has 1 heterocycles. The molecule has 2 rings (SSSR count). The van der Waals surface area contributed by atoms with E-state index in [-0.39, 0.29) is 0 Å². The SMILES string of the molecule is COc1cc(OC)cc(C(O)c2cc(Br)c(Br)o2)c1. The lowest BCUT2D eigenvalue weighted by atomic mass is 10.1. The molecule has 1 N–H and O–H groups in total. The second kappa shape index (κ2) is 5.98. The number of aliphatic hydroxyl groups excluding tert-OH is 1. The normalized spacial score (nSPS) is 12.3. The maximum Gasteiger partial charge on any atom is 0.183 e. The van der Waals surface area contributed by atoms with E-state index in [1.807, 2.05) is 0 Å². The summed E-state index contributed by atoms with van der Waals surface area (Å²) in [5.74, 6) is 1.64. The summed E-state index contributed by atoms with van der Waals surface area (Å²) in [6.07, 6.45) is -0.897. The zero-order valence-electron chi connectivity index (χ0n) is 10.3. The van der Waals surface area contributed by atoms with Crippen molar-refractivity contribution in [2.45, 2.75) is 6.10 Å². The molecule has 0 aliphatic rings. The molecule has 102 valence electrons. The molecule has 0 aliphatic carbocycles. The Kier molecular flexibility index (Phi) is 4.54. The first-order chi connectivity index (χ1) is 9.05. The predicted molar refractivity (Wildman–Crippen MR) is 77.7 cm³/mol. The number of benzene rings is 1. The molecule has 0 aliphatic heterocycles. The van der Waals surface area contributed by atoms with Crippen LogP contribution >= 0.6 is 31.9 Å². The molecule has 6 heteroatoms. The summed E-state index contributed by atoms with van der Waals surface area (Å²) in [5, 5.41) is 10.3. The summed E-state index contributed by atoms with van der Waals surface area (Å²) >= 11 is 6.55. The largest absolute Gasteiger partial charge is 0.497 e. The number of hydrogen-bond acceptors (Lipinski definition) is 4. The summed E-state index contributed by atoms with van der Waals surface area (Å²) in [6.45, 7) is 0. The van der Waals surface area contributed by atoms with Crippen molar-refractivity contribution in [2.24, 2.45) is 0 Å². The van der Waals surface area contributed by atoms with Crippen molar-refractivity contribution in [3.05, 3.63) is 44.7 Å². The maximum absolute atomic E-state index is 10.3. The van der Waals surface area contributed by atoms with Gasteiger partial charge in [0, 0.05) is 6.07 Å². The summed E-state index contributed by atoms with van der Waals surface area (Å²) in [5.41, 5.74) is 0.630. The van der Waals surface area contributed by atoms with Crippen molar-refractivity contribution < 1.29 is 19.0 Å². The lowest BCUT2D eigenvalue weighted by Gasteiger charge is -2.12. The molecule has 0 fully saturated rings. The molecule has 1 atom stereocenters. The van der Waals surface area contributed by atoms with E-state index in [4.69, 9.17) is 13.9 Å². The first kappa shape index (κ1) is 14.4. The lowest BCUT2D eigenvalue weighted by molar-refractivity contribution is 0.187. The molecular formula is C13H12Br2O4. The zero-order valence-corrected chi connectivity index (χ0v) is 13.5. The van der Waals surface area contributed by atoms with Crippen LogP contribution in [-0.2, 0) is 0 Å². The van der Waals surface area contributed by atoms with E-state index in [9.17, 15) is 5.11 Å². The quantitative estimate of drug-likeness (QED) is 0.858. The Morgan fingerprint density at radius 1 is 1.05 bits per heavy atom. The van der Waals surface area contributed by atoms with Crippen LogP contribution in [0.1, 0.15) is 17.4 Å². The minimum absolute atomic E-state index is 0.425. The summed E-state index contributed by atoms with van der Waals surface area (Å²) in [4.78, 5) is 0. The Balaban J connectivity index is 2.39. The van der Waals surface area contributed by atoms with Crippen molar-refractivity contribution in [3.8, 4) is 11.5 Å². The minimum Gasteiger partial charge on any atom is -0.497 e. The van der Waals surface area contributed by atoms with Gasteiger partial charge in [0.05, 0.1) is 18.7 Å². The molecular weight excluding hydrogens is 380 g/mol. The highest BCUT2D eigenvalue weighted by Gasteiger charge is 2.18. The van der Waals surface area contributed by atoms with Gasteiger partial charge in [-0.3, -0.25) is 0 Å². The second-order valence-electron chi connectivity index (χ2n) is 3.82. The molecule has 1 aromatic heterocycles. The van der Waals surface area contributed by atoms with Crippen LogP contribution in [-0.4, -0.2) is 19.3 Å². The molecule has 0 saturated carbocycles. The molecule has 0 bridgehead atoms. The van der Waals surface area contributed by atoms with Gasteiger partial charge in [-0.05, 0) is 55.6 Å². The number of rotatable bonds is 4. The third-order valence-corrected chi connectivity index (χ3v) is 4.33. The van der Waals surface area contributed by atoms with Crippen LogP contribution in [0.25, 0.3) is 0 Å². The Labute approximate surface area is 127 Å². The van der Waals surface area contributed by atoms with E-state index >= 15 is 0 Å². The molecule has 1 aromatic carbocycles. The third-order valence-electron chi connectivity index (χ3n) is 2.62. The van der Waals surface area contributed by atoms with E-state index in [0.29, 0.717) is 27.5 Å². The predicted octanol–water partition coefficient (Wildman–Crippen LogP) is 3.90. The summed E-state index contributed by atoms with van der Waals surface area (Å²) < 4.78 is 17.0. The van der Waals surface area contributed by atoms with Gasteiger partial charge in [-0.2, -0.15) is 0 Å². The van der Waals surface area contributed by atoms with Gasteiger partial charge in [-0.1, -0.05) is 0 Å². The lowest BCUT2D eigenvalue weighted by Crippen LogP contribution is -1.99. The number of aliphatic hydroxyl groups is 1. The van der Waals surface area contributed by atoms with Crippen molar-refractivity contribution >= 4 is 31.9 Å². The molecule has 0 spiro atoms. The van der Waals surface area contributed by atoms with E-state index in [2.05, 4.69) is 31.9 Å². The Hall–Kier alpha value is -0.980. The van der Waals surface area contributed by atoms with Crippen LogP contribution in [0.5, 0.6) is 11.5 Å². The summed E-state index contributed by atoms with van der Waals surface area (Å²) in [6, 6.07) is 6.92. The number of halogens is 2. The molecule has 4 nitrogen and oxygen atoms in total. The highest BCUT2D eigenvalue weighted by Crippen LogP contribution is 2.34. The van der Waals surface area contributed by atoms with Gasteiger partial charge in [0.15, 0.2) is 4.67 Å². The van der Waals surface area contributed by atoms with Crippen molar-refractivity contribution in [3.63, 3.8) is 0 Å². The number of furan rings is 1. The monoisotopic (exact) mass is 390 g/mol. The van der Waals surface area contributed by atoms with Gasteiger partial charge in [-0.15, -0.1) is 0 Å². The first-order valence-electron chi connectivity index (χ1n) is 5.41. The van der Waals surface area contributed by atoms with Crippen LogP contribution in [0, 0.1) is 0 Å². The third kappa shape index (κ3) is 3.13. The minimum atomic E-state index is -0.897. The van der Waals surface area contributed by atoms with Gasteiger partial charge in [0.2, 0.25) is 0 Å². The van der Waals surface area contributed by atoms with Crippen LogP contribution in [0.3, 0.4) is 0 Å². The Morgan fingerprint density at radius 2 is 1.63 bits per heavy atom. The fourth-order valence-corrected chi connectivity index (χ4v) is 2.26. The second-order valence-corrected chi connectivity index (χ2v) is 5.39. The average Bonchev–Trinajstić information content (AvgIpc) is 2.77. The standard InChI is InChI=1S/C13H12Br2O4/c1-17-8-3-7(4-9(5-8)18-2)12(16)11-6-10(14)13(15)19-11/h3-6,12,16H,1-2H3. The fourth-order valence-electron chi connectivity index (χ4n) is 1.65. The molecule has 19 heavy (non-hydrogen) atoms. The van der Waals surface area contributed by atoms with Crippen LogP contribution < -0.4 is 9.47 Å². The van der Waals surface area contributed by atoms with Gasteiger partial charge < -0.3 is 19.0 Å². The van der Waals surface area contributed by atoms with Crippen LogP contribution in [0.4, 0.5) is 0 Å². The van der Waals surface area contributed by atoms with E-state index in [0.717, 1.165) is 4.47 Å². The topological polar surface area (TPSA) is 51.8 Å². The number of hydrogen-bond donors (Lipinski definition) is 1. The molecule has 2 aromatic rings. The van der Waals surface area contributed by atoms with E-state index in [1.165, 1.54) is 0 Å². The van der Waals surface area contributed by atoms with Gasteiger partial charge in [0.1, 0.15) is 23.4 Å². The van der Waals surface area contributed by atoms with Crippen molar-refractivity contribution in [1.82, 2.24) is 0 Å². The molecule has 0 saturated heterocycles. The van der Waals surface area contributed by atoms with E-state index < -0.39 is 6.10 Å². The molecule has 0 radical (unpaired) electrons. The highest BCUT2D eigenvalue weighted by atomic mass is 79.9. The molecule has 0 amide bonds. The zero-order chi connectivity index (χ0) is 14.0. The van der Waals surface area contributed by atoms with Crippen molar-refractivity contribution in [1.29, 1.82) is 0 Å². The highest BCUT2D eigenvalue weighted by molar-refractivity contribution is 9.13. The van der Waals surface area contributed by atoms with Crippen molar-refractivity contribution in [2.75, 3.05) is 14.2 Å².